The molecule has 1 aliphatic carbocycles. The number of rotatable bonds is 6. The lowest BCUT2D eigenvalue weighted by Crippen LogP contribution is -2.37. The van der Waals surface area contributed by atoms with Gasteiger partial charge in [0.25, 0.3) is 0 Å². The van der Waals surface area contributed by atoms with Gasteiger partial charge in [-0.3, -0.25) is 4.79 Å². The number of hydrogen-bond donors (Lipinski definition) is 2. The molecule has 0 aromatic heterocycles. The van der Waals surface area contributed by atoms with Gasteiger partial charge in [-0.25, -0.2) is 0 Å². The summed E-state index contributed by atoms with van der Waals surface area (Å²) in [6.07, 6.45) is 3.14. The number of nitrogens with two attached hydrogens (primary N) is 1. The van der Waals surface area contributed by atoms with Crippen LogP contribution in [-0.2, 0) is 10.2 Å². The molecule has 0 heterocycles. The maximum atomic E-state index is 12.2. The maximum Gasteiger partial charge on any atom is 0.223 e. The van der Waals surface area contributed by atoms with Gasteiger partial charge in [-0.05, 0) is 42.3 Å². The molecule has 1 fully saturated rings. The highest BCUT2D eigenvalue weighted by Crippen LogP contribution is 2.31. The largest absolute Gasteiger partial charge is 0.491 e. The van der Waals surface area contributed by atoms with Gasteiger partial charge in [0, 0.05) is 5.92 Å². The third kappa shape index (κ3) is 4.71. The van der Waals surface area contributed by atoms with Crippen molar-refractivity contribution in [2.24, 2.45) is 17.6 Å². The van der Waals surface area contributed by atoms with Crippen LogP contribution in [0.5, 0.6) is 5.75 Å². The third-order valence-electron chi connectivity index (χ3n) is 4.65. The van der Waals surface area contributed by atoms with Crippen molar-refractivity contribution in [3.8, 4) is 5.75 Å². The Kier molecular flexibility index (Phi) is 6.05. The van der Waals surface area contributed by atoms with E-state index in [-0.39, 0.29) is 17.2 Å². The Hall–Kier alpha value is -1.55. The molecule has 1 saturated carbocycles. The zero-order valence-corrected chi connectivity index (χ0v) is 14.6. The molecule has 2 rings (SSSR count). The first-order valence-electron chi connectivity index (χ1n) is 8.63. The van der Waals surface area contributed by atoms with E-state index in [1.165, 1.54) is 5.56 Å². The zero-order valence-electron chi connectivity index (χ0n) is 14.6. The van der Waals surface area contributed by atoms with Crippen LogP contribution in [0, 0.1) is 11.8 Å². The fourth-order valence-electron chi connectivity index (χ4n) is 3.34. The van der Waals surface area contributed by atoms with Crippen LogP contribution in [0.3, 0.4) is 0 Å². The number of carbonyl (C=O) groups is 1. The highest BCUT2D eigenvalue weighted by molar-refractivity contribution is 5.79. The summed E-state index contributed by atoms with van der Waals surface area (Å²) in [5, 5.41) is 3.00. The zero-order chi connectivity index (χ0) is 16.9. The second-order valence-corrected chi connectivity index (χ2v) is 7.42. The molecule has 1 aromatic carbocycles. The summed E-state index contributed by atoms with van der Waals surface area (Å²) in [6, 6.07) is 8.10. The summed E-state index contributed by atoms with van der Waals surface area (Å²) in [7, 11) is 0. The summed E-state index contributed by atoms with van der Waals surface area (Å²) in [6.45, 7) is 8.13. The average molecular weight is 318 g/mol. The number of para-hydroxylation sites is 1. The predicted octanol–water partition coefficient (Wildman–Crippen LogP) is 2.85. The Balaban J connectivity index is 1.81. The molecule has 4 heteroatoms. The van der Waals surface area contributed by atoms with Crippen LogP contribution >= 0.6 is 0 Å². The van der Waals surface area contributed by atoms with E-state index in [2.05, 4.69) is 32.2 Å². The van der Waals surface area contributed by atoms with Crippen molar-refractivity contribution in [1.82, 2.24) is 5.32 Å². The van der Waals surface area contributed by atoms with Crippen molar-refractivity contribution < 1.29 is 9.53 Å². The molecule has 1 aliphatic rings. The van der Waals surface area contributed by atoms with Gasteiger partial charge in [-0.1, -0.05) is 45.4 Å². The van der Waals surface area contributed by atoms with Crippen molar-refractivity contribution >= 4 is 5.91 Å². The van der Waals surface area contributed by atoms with E-state index in [4.69, 9.17) is 10.5 Å². The average Bonchev–Trinajstić information content (AvgIpc) is 2.99. The molecule has 1 aromatic rings. The van der Waals surface area contributed by atoms with Crippen LogP contribution < -0.4 is 15.8 Å². The lowest BCUT2D eigenvalue weighted by atomic mass is 9.86. The van der Waals surface area contributed by atoms with E-state index in [9.17, 15) is 4.79 Å². The number of benzene rings is 1. The van der Waals surface area contributed by atoms with Crippen LogP contribution in [0.2, 0.25) is 0 Å². The van der Waals surface area contributed by atoms with E-state index >= 15 is 0 Å². The third-order valence-corrected chi connectivity index (χ3v) is 4.65. The monoisotopic (exact) mass is 318 g/mol. The van der Waals surface area contributed by atoms with Crippen LogP contribution in [0.15, 0.2) is 24.3 Å². The number of nitrogens with one attached hydrogen (secondary N) is 1. The molecule has 0 radical (unpaired) electrons. The van der Waals surface area contributed by atoms with Gasteiger partial charge in [-0.2, -0.15) is 0 Å². The Morgan fingerprint density at radius 2 is 2.04 bits per heavy atom. The molecule has 23 heavy (non-hydrogen) atoms. The number of amides is 1. The topological polar surface area (TPSA) is 64.3 Å². The normalized spacial score (nSPS) is 21.2. The molecular formula is C19H30N2O2. The minimum atomic E-state index is 0.0397. The lowest BCUT2D eigenvalue weighted by molar-refractivity contribution is -0.126. The highest BCUT2D eigenvalue weighted by Gasteiger charge is 2.31. The van der Waals surface area contributed by atoms with Crippen LogP contribution in [0.25, 0.3) is 0 Å². The summed E-state index contributed by atoms with van der Waals surface area (Å²) in [4.78, 5) is 12.2. The molecule has 0 unspecified atom stereocenters. The Morgan fingerprint density at radius 1 is 1.30 bits per heavy atom. The van der Waals surface area contributed by atoms with Gasteiger partial charge >= 0.3 is 0 Å². The van der Waals surface area contributed by atoms with Crippen molar-refractivity contribution in [3.05, 3.63) is 29.8 Å². The fraction of sp³-hybridized carbons (Fsp3) is 0.632. The van der Waals surface area contributed by atoms with Crippen molar-refractivity contribution in [1.29, 1.82) is 0 Å². The fourth-order valence-corrected chi connectivity index (χ4v) is 3.34. The van der Waals surface area contributed by atoms with Crippen LogP contribution in [-0.4, -0.2) is 25.6 Å². The Bertz CT molecular complexity index is 522. The summed E-state index contributed by atoms with van der Waals surface area (Å²) >= 11 is 0. The van der Waals surface area contributed by atoms with E-state index in [0.717, 1.165) is 25.0 Å². The molecule has 0 aliphatic heterocycles. The van der Waals surface area contributed by atoms with Crippen molar-refractivity contribution in [3.63, 3.8) is 0 Å². The molecule has 3 N–H and O–H groups in total. The standard InChI is InChI=1S/C19H30N2O2/c1-19(2,3)16-9-4-5-10-17(16)23-12-11-21-18(22)15-8-6-7-14(15)13-20/h4-5,9-10,14-15H,6-8,11-13,20H2,1-3H3,(H,21,22)/t14-,15-/m1/s1. The number of ether oxygens (including phenoxy) is 1. The molecule has 1 amide bonds. The first-order chi connectivity index (χ1) is 10.9. The van der Waals surface area contributed by atoms with E-state index < -0.39 is 0 Å². The quantitative estimate of drug-likeness (QED) is 0.793. The molecule has 0 saturated heterocycles. The predicted molar refractivity (Wildman–Crippen MR) is 93.5 cm³/mol. The van der Waals surface area contributed by atoms with Crippen molar-refractivity contribution in [2.75, 3.05) is 19.7 Å². The van der Waals surface area contributed by atoms with Gasteiger partial charge in [-0.15, -0.1) is 0 Å². The van der Waals surface area contributed by atoms with E-state index in [0.29, 0.717) is 25.6 Å². The minimum Gasteiger partial charge on any atom is -0.491 e. The summed E-state index contributed by atoms with van der Waals surface area (Å²) in [5.74, 6) is 1.46. The number of carbonyl (C=O) groups excluding carboxylic acids is 1. The Labute approximate surface area is 139 Å². The molecular weight excluding hydrogens is 288 g/mol. The maximum absolute atomic E-state index is 12.2. The van der Waals surface area contributed by atoms with Gasteiger partial charge in [0.2, 0.25) is 5.91 Å². The molecule has 2 atom stereocenters. The van der Waals surface area contributed by atoms with Gasteiger partial charge in [0.15, 0.2) is 0 Å². The Morgan fingerprint density at radius 3 is 2.74 bits per heavy atom. The van der Waals surface area contributed by atoms with E-state index in [1.54, 1.807) is 0 Å². The number of hydrogen-bond acceptors (Lipinski definition) is 3. The first-order valence-corrected chi connectivity index (χ1v) is 8.63. The highest BCUT2D eigenvalue weighted by atomic mass is 16.5. The molecule has 0 bridgehead atoms. The summed E-state index contributed by atoms with van der Waals surface area (Å²) < 4.78 is 5.89. The SMILES string of the molecule is CC(C)(C)c1ccccc1OCCNC(=O)[C@@H]1CCC[C@@H]1CN. The van der Waals surface area contributed by atoms with Crippen LogP contribution in [0.4, 0.5) is 0 Å². The molecule has 4 nitrogen and oxygen atoms in total. The minimum absolute atomic E-state index is 0.0397. The smallest absolute Gasteiger partial charge is 0.223 e. The van der Waals surface area contributed by atoms with E-state index in [1.807, 2.05) is 18.2 Å². The summed E-state index contributed by atoms with van der Waals surface area (Å²) in [5.41, 5.74) is 6.97. The molecule has 0 spiro atoms. The van der Waals surface area contributed by atoms with Gasteiger partial charge < -0.3 is 15.8 Å². The second-order valence-electron chi connectivity index (χ2n) is 7.42. The van der Waals surface area contributed by atoms with Crippen LogP contribution in [0.1, 0.15) is 45.6 Å². The first kappa shape index (κ1) is 17.8. The van der Waals surface area contributed by atoms with Gasteiger partial charge in [0.1, 0.15) is 12.4 Å². The second kappa shape index (κ2) is 7.82. The van der Waals surface area contributed by atoms with Crippen molar-refractivity contribution in [2.45, 2.75) is 45.4 Å². The lowest BCUT2D eigenvalue weighted by Gasteiger charge is -2.23. The molecule has 128 valence electrons. The van der Waals surface area contributed by atoms with Gasteiger partial charge in [0.05, 0.1) is 6.54 Å².